The number of rotatable bonds is 2. The third-order valence-corrected chi connectivity index (χ3v) is 4.25. The average molecular weight is 354 g/mol. The molecule has 3 aromatic rings. The number of hydrogen-bond acceptors (Lipinski definition) is 3. The van der Waals surface area contributed by atoms with Gasteiger partial charge in [-0.2, -0.15) is 13.2 Å². The first kappa shape index (κ1) is 16.4. The quantitative estimate of drug-likeness (QED) is 0.657. The summed E-state index contributed by atoms with van der Waals surface area (Å²) in [4.78, 5) is 16.4. The van der Waals surface area contributed by atoms with Crippen LogP contribution in [0.15, 0.2) is 36.4 Å². The molecule has 24 heavy (non-hydrogen) atoms. The Labute approximate surface area is 137 Å². The van der Waals surface area contributed by atoms with Gasteiger partial charge in [0.15, 0.2) is 0 Å². The summed E-state index contributed by atoms with van der Waals surface area (Å²) in [5.74, 6) is -2.54. The van der Waals surface area contributed by atoms with Crippen LogP contribution in [0.3, 0.4) is 0 Å². The highest BCUT2D eigenvalue weighted by Crippen LogP contribution is 2.32. The summed E-state index contributed by atoms with van der Waals surface area (Å²) < 4.78 is 53.1. The Balaban J connectivity index is 1.91. The molecule has 0 atom stereocenters. The van der Waals surface area contributed by atoms with E-state index in [0.29, 0.717) is 17.3 Å². The van der Waals surface area contributed by atoms with E-state index in [0.717, 1.165) is 21.8 Å². The fourth-order valence-corrected chi connectivity index (χ4v) is 3.05. The lowest BCUT2D eigenvalue weighted by Crippen LogP contribution is -2.17. The van der Waals surface area contributed by atoms with Crippen molar-refractivity contribution in [3.05, 3.63) is 58.3 Å². The standard InChI is InChI=1S/C16H10F4N2OS/c1-8-21-12-7-9(5-6-13(12)24-8)22-15(23)10-3-2-4-11(14(10)17)16(18,19)20/h2-7H,1H3,(H,22,23). The molecule has 0 fully saturated rings. The van der Waals surface area contributed by atoms with Crippen molar-refractivity contribution in [1.82, 2.24) is 4.98 Å². The van der Waals surface area contributed by atoms with E-state index in [9.17, 15) is 22.4 Å². The maximum Gasteiger partial charge on any atom is 0.419 e. The van der Waals surface area contributed by atoms with Crippen LogP contribution in [0, 0.1) is 12.7 Å². The first-order valence-electron chi connectivity index (χ1n) is 6.80. The largest absolute Gasteiger partial charge is 0.419 e. The van der Waals surface area contributed by atoms with E-state index in [4.69, 9.17) is 0 Å². The number of halogens is 4. The van der Waals surface area contributed by atoms with Gasteiger partial charge in [0.25, 0.3) is 5.91 Å². The molecule has 1 aromatic heterocycles. The van der Waals surface area contributed by atoms with E-state index in [1.807, 2.05) is 6.92 Å². The van der Waals surface area contributed by atoms with Gasteiger partial charge in [-0.3, -0.25) is 4.79 Å². The molecule has 0 saturated heterocycles. The smallest absolute Gasteiger partial charge is 0.322 e. The maximum absolute atomic E-state index is 14.0. The molecule has 0 aliphatic heterocycles. The Kier molecular flexibility index (Phi) is 4.00. The topological polar surface area (TPSA) is 42.0 Å². The number of carbonyl (C=O) groups is 1. The van der Waals surface area contributed by atoms with Crippen molar-refractivity contribution in [3.8, 4) is 0 Å². The number of anilines is 1. The fraction of sp³-hybridized carbons (Fsp3) is 0.125. The molecule has 0 saturated carbocycles. The van der Waals surface area contributed by atoms with Gasteiger partial charge < -0.3 is 5.32 Å². The number of alkyl halides is 3. The lowest BCUT2D eigenvalue weighted by Gasteiger charge is -2.11. The van der Waals surface area contributed by atoms with Gasteiger partial charge in [0.2, 0.25) is 0 Å². The molecule has 2 aromatic carbocycles. The summed E-state index contributed by atoms with van der Waals surface area (Å²) in [6, 6.07) is 7.50. The highest BCUT2D eigenvalue weighted by Gasteiger charge is 2.35. The zero-order valence-electron chi connectivity index (χ0n) is 12.2. The average Bonchev–Trinajstić information content (AvgIpc) is 2.85. The number of nitrogens with zero attached hydrogens (tertiary/aromatic N) is 1. The van der Waals surface area contributed by atoms with Gasteiger partial charge >= 0.3 is 6.18 Å². The van der Waals surface area contributed by atoms with Crippen molar-refractivity contribution in [3.63, 3.8) is 0 Å². The minimum absolute atomic E-state index is 0.328. The van der Waals surface area contributed by atoms with Crippen LogP contribution in [0.2, 0.25) is 0 Å². The molecule has 0 spiro atoms. The second kappa shape index (κ2) is 5.86. The molecule has 0 bridgehead atoms. The molecular formula is C16H10F4N2OS. The number of carbonyl (C=O) groups excluding carboxylic acids is 1. The van der Waals surface area contributed by atoms with Crippen LogP contribution in [0.5, 0.6) is 0 Å². The van der Waals surface area contributed by atoms with Crippen molar-refractivity contribution in [2.45, 2.75) is 13.1 Å². The summed E-state index contributed by atoms with van der Waals surface area (Å²) in [5, 5.41) is 3.24. The van der Waals surface area contributed by atoms with E-state index in [-0.39, 0.29) is 0 Å². The summed E-state index contributed by atoms with van der Waals surface area (Å²) in [6.45, 7) is 1.83. The molecule has 3 rings (SSSR count). The number of amides is 1. The van der Waals surface area contributed by atoms with Gasteiger partial charge in [-0.05, 0) is 37.3 Å². The van der Waals surface area contributed by atoms with E-state index in [2.05, 4.69) is 10.3 Å². The SMILES string of the molecule is Cc1nc2cc(NC(=O)c3cccc(C(F)(F)F)c3F)ccc2s1. The fourth-order valence-electron chi connectivity index (χ4n) is 2.25. The number of aromatic nitrogens is 1. The molecular weight excluding hydrogens is 344 g/mol. The Hall–Kier alpha value is -2.48. The van der Waals surface area contributed by atoms with Gasteiger partial charge in [-0.25, -0.2) is 9.37 Å². The molecule has 3 nitrogen and oxygen atoms in total. The Morgan fingerprint density at radius 1 is 1.21 bits per heavy atom. The Morgan fingerprint density at radius 3 is 2.67 bits per heavy atom. The normalized spacial score (nSPS) is 11.7. The number of thiazole rings is 1. The van der Waals surface area contributed by atoms with E-state index < -0.39 is 29.0 Å². The van der Waals surface area contributed by atoms with E-state index in [1.54, 1.807) is 18.2 Å². The second-order valence-electron chi connectivity index (χ2n) is 5.03. The van der Waals surface area contributed by atoms with Crippen molar-refractivity contribution in [2.24, 2.45) is 0 Å². The van der Waals surface area contributed by atoms with Crippen LogP contribution in [0.4, 0.5) is 23.2 Å². The van der Waals surface area contributed by atoms with Crippen LogP contribution in [0.25, 0.3) is 10.2 Å². The summed E-state index contributed by atoms with van der Waals surface area (Å²) in [7, 11) is 0. The van der Waals surface area contributed by atoms with Crippen LogP contribution in [-0.2, 0) is 6.18 Å². The van der Waals surface area contributed by atoms with E-state index >= 15 is 0 Å². The Morgan fingerprint density at radius 2 is 1.96 bits per heavy atom. The third-order valence-electron chi connectivity index (χ3n) is 3.30. The van der Waals surface area contributed by atoms with Gasteiger partial charge in [0, 0.05) is 5.69 Å². The highest BCUT2D eigenvalue weighted by molar-refractivity contribution is 7.18. The minimum atomic E-state index is -4.86. The number of nitrogens with one attached hydrogen (secondary N) is 1. The predicted molar refractivity (Wildman–Crippen MR) is 83.7 cm³/mol. The molecule has 124 valence electrons. The maximum atomic E-state index is 14.0. The first-order valence-corrected chi connectivity index (χ1v) is 7.61. The van der Waals surface area contributed by atoms with Crippen molar-refractivity contribution < 1.29 is 22.4 Å². The number of hydrogen-bond donors (Lipinski definition) is 1. The molecule has 0 unspecified atom stereocenters. The van der Waals surface area contributed by atoms with Crippen molar-refractivity contribution in [2.75, 3.05) is 5.32 Å². The third kappa shape index (κ3) is 3.09. The van der Waals surface area contributed by atoms with Gasteiger partial charge in [0.1, 0.15) is 5.82 Å². The molecule has 8 heteroatoms. The van der Waals surface area contributed by atoms with Gasteiger partial charge in [-0.1, -0.05) is 6.07 Å². The zero-order valence-corrected chi connectivity index (χ0v) is 13.1. The van der Waals surface area contributed by atoms with Crippen LogP contribution < -0.4 is 5.32 Å². The summed E-state index contributed by atoms with van der Waals surface area (Å²) in [6.07, 6.45) is -4.86. The van der Waals surface area contributed by atoms with Crippen molar-refractivity contribution in [1.29, 1.82) is 0 Å². The lowest BCUT2D eigenvalue weighted by atomic mass is 10.1. The molecule has 0 aliphatic rings. The molecule has 1 heterocycles. The zero-order chi connectivity index (χ0) is 17.5. The monoisotopic (exact) mass is 354 g/mol. The minimum Gasteiger partial charge on any atom is -0.322 e. The summed E-state index contributed by atoms with van der Waals surface area (Å²) >= 11 is 1.47. The first-order chi connectivity index (χ1) is 11.3. The molecule has 0 radical (unpaired) electrons. The lowest BCUT2D eigenvalue weighted by molar-refractivity contribution is -0.140. The van der Waals surface area contributed by atoms with Crippen molar-refractivity contribution >= 4 is 33.1 Å². The van der Waals surface area contributed by atoms with Gasteiger partial charge in [0.05, 0.1) is 26.4 Å². The number of fused-ring (bicyclic) bond motifs is 1. The van der Waals surface area contributed by atoms with Crippen LogP contribution >= 0.6 is 11.3 Å². The Bertz CT molecular complexity index is 933. The van der Waals surface area contributed by atoms with Crippen LogP contribution in [-0.4, -0.2) is 10.9 Å². The molecule has 1 amide bonds. The highest BCUT2D eigenvalue weighted by atomic mass is 32.1. The number of aryl methyl sites for hydroxylation is 1. The molecule has 0 aliphatic carbocycles. The predicted octanol–water partition coefficient (Wildman–Crippen LogP) is 5.01. The van der Waals surface area contributed by atoms with E-state index in [1.165, 1.54) is 11.3 Å². The second-order valence-corrected chi connectivity index (χ2v) is 6.27. The van der Waals surface area contributed by atoms with Gasteiger partial charge in [-0.15, -0.1) is 11.3 Å². The van der Waals surface area contributed by atoms with Crippen LogP contribution in [0.1, 0.15) is 20.9 Å². The number of benzene rings is 2. The molecule has 1 N–H and O–H groups in total. The summed E-state index contributed by atoms with van der Waals surface area (Å²) in [5.41, 5.74) is -1.16.